The number of amides is 2. The molecule has 0 bridgehead atoms. The molecule has 2 aromatic rings. The van der Waals surface area contributed by atoms with Gasteiger partial charge < -0.3 is 14.9 Å². The van der Waals surface area contributed by atoms with Crippen LogP contribution in [0.15, 0.2) is 54.6 Å². The predicted molar refractivity (Wildman–Crippen MR) is 93.7 cm³/mol. The summed E-state index contributed by atoms with van der Waals surface area (Å²) in [5.74, 6) is -3.11. The number of hydrogen-bond acceptors (Lipinski definition) is 5. The number of carbonyl (C=O) groups is 2. The molecule has 1 saturated heterocycles. The molecule has 6 nitrogen and oxygen atoms in total. The Morgan fingerprint density at radius 1 is 1.15 bits per heavy atom. The van der Waals surface area contributed by atoms with Gasteiger partial charge in [-0.15, -0.1) is 0 Å². The van der Waals surface area contributed by atoms with Crippen molar-refractivity contribution in [2.75, 3.05) is 6.61 Å². The summed E-state index contributed by atoms with van der Waals surface area (Å²) < 4.78 is 18.0. The molecule has 0 aliphatic carbocycles. The average molecular weight is 373 g/mol. The first-order valence-corrected chi connectivity index (χ1v) is 8.63. The molecule has 1 fully saturated rings. The summed E-state index contributed by atoms with van der Waals surface area (Å²) >= 11 is 0. The second-order valence-corrected chi connectivity index (χ2v) is 6.44. The molecule has 2 amide bonds. The van der Waals surface area contributed by atoms with E-state index in [0.717, 1.165) is 22.6 Å². The van der Waals surface area contributed by atoms with Gasteiger partial charge in [0.15, 0.2) is 5.79 Å². The van der Waals surface area contributed by atoms with Gasteiger partial charge in [-0.25, -0.2) is 14.1 Å². The molecule has 0 spiro atoms. The van der Waals surface area contributed by atoms with Gasteiger partial charge in [0.1, 0.15) is 18.5 Å². The largest absolute Gasteiger partial charge is 0.446 e. The van der Waals surface area contributed by atoms with Crippen molar-refractivity contribution in [3.63, 3.8) is 0 Å². The van der Waals surface area contributed by atoms with Crippen molar-refractivity contribution in [3.05, 3.63) is 71.5 Å². The molecule has 142 valence electrons. The zero-order valence-corrected chi connectivity index (χ0v) is 14.5. The normalized spacial score (nSPS) is 17.1. The highest BCUT2D eigenvalue weighted by Gasteiger charge is 2.38. The van der Waals surface area contributed by atoms with Gasteiger partial charge >= 0.3 is 6.09 Å². The lowest BCUT2D eigenvalue weighted by molar-refractivity contribution is -0.175. The first-order valence-electron chi connectivity index (χ1n) is 8.63. The summed E-state index contributed by atoms with van der Waals surface area (Å²) in [6.45, 7) is 0.0914. The molecular weight excluding hydrogens is 353 g/mol. The molecule has 3 rings (SSSR count). The molecule has 2 N–H and O–H groups in total. The first-order chi connectivity index (χ1) is 12.9. The Morgan fingerprint density at radius 2 is 1.81 bits per heavy atom. The molecule has 0 aromatic heterocycles. The van der Waals surface area contributed by atoms with Gasteiger partial charge in [-0.1, -0.05) is 42.5 Å². The molecule has 27 heavy (non-hydrogen) atoms. The number of benzene rings is 2. The van der Waals surface area contributed by atoms with Crippen molar-refractivity contribution in [2.45, 2.75) is 31.1 Å². The van der Waals surface area contributed by atoms with Gasteiger partial charge in [-0.05, 0) is 24.1 Å². The van der Waals surface area contributed by atoms with Crippen LogP contribution in [0.5, 0.6) is 0 Å². The minimum Gasteiger partial charge on any atom is -0.446 e. The summed E-state index contributed by atoms with van der Waals surface area (Å²) in [5.41, 5.74) is 0.931. The lowest BCUT2D eigenvalue weighted by Gasteiger charge is -2.23. The zero-order valence-electron chi connectivity index (χ0n) is 14.5. The van der Waals surface area contributed by atoms with E-state index < -0.39 is 29.6 Å². The smallest absolute Gasteiger partial charge is 0.417 e. The Hall–Kier alpha value is -2.77. The minimum absolute atomic E-state index is 0.0531. The van der Waals surface area contributed by atoms with Crippen molar-refractivity contribution in [2.24, 2.45) is 0 Å². The van der Waals surface area contributed by atoms with Crippen LogP contribution in [0.2, 0.25) is 0 Å². The molecule has 0 unspecified atom stereocenters. The van der Waals surface area contributed by atoms with Gasteiger partial charge in [0.25, 0.3) is 0 Å². The molecule has 0 radical (unpaired) electrons. The zero-order chi connectivity index (χ0) is 19.4. The summed E-state index contributed by atoms with van der Waals surface area (Å²) in [7, 11) is 0. The SMILES string of the molecule is O=C(CCCC(O)(O)c1ccc(F)cc1)N1C(=O)OC[C@@H]1c1ccccc1. The number of imide groups is 1. The van der Waals surface area contributed by atoms with E-state index in [2.05, 4.69) is 0 Å². The molecule has 2 aromatic carbocycles. The number of carbonyl (C=O) groups excluding carboxylic acids is 2. The fraction of sp³-hybridized carbons (Fsp3) is 0.300. The van der Waals surface area contributed by atoms with Crippen molar-refractivity contribution in [1.82, 2.24) is 4.90 Å². The fourth-order valence-corrected chi connectivity index (χ4v) is 3.09. The third kappa shape index (κ3) is 4.32. The Morgan fingerprint density at radius 3 is 2.48 bits per heavy atom. The predicted octanol–water partition coefficient (Wildman–Crippen LogP) is 2.85. The number of nitrogens with zero attached hydrogens (tertiary/aromatic N) is 1. The van der Waals surface area contributed by atoms with Crippen molar-refractivity contribution < 1.29 is 28.9 Å². The maximum absolute atomic E-state index is 13.0. The summed E-state index contributed by atoms with van der Waals surface area (Å²) in [6, 6.07) is 13.4. The fourth-order valence-electron chi connectivity index (χ4n) is 3.09. The van der Waals surface area contributed by atoms with E-state index in [1.165, 1.54) is 12.1 Å². The second-order valence-electron chi connectivity index (χ2n) is 6.44. The van der Waals surface area contributed by atoms with Crippen molar-refractivity contribution in [1.29, 1.82) is 0 Å². The van der Waals surface area contributed by atoms with Crippen LogP contribution in [-0.4, -0.2) is 33.7 Å². The first kappa shape index (κ1) is 19.0. The van der Waals surface area contributed by atoms with Gasteiger partial charge in [-0.3, -0.25) is 4.79 Å². The molecule has 1 aliphatic heterocycles. The Bertz CT molecular complexity index is 807. The second kappa shape index (κ2) is 7.85. The Labute approximate surface area is 155 Å². The van der Waals surface area contributed by atoms with Crippen LogP contribution in [0.1, 0.15) is 36.4 Å². The Kier molecular flexibility index (Phi) is 5.53. The van der Waals surface area contributed by atoms with Crippen LogP contribution < -0.4 is 0 Å². The molecule has 1 atom stereocenters. The maximum Gasteiger partial charge on any atom is 0.417 e. The number of rotatable bonds is 6. The number of cyclic esters (lactones) is 1. The molecule has 1 aliphatic rings. The van der Waals surface area contributed by atoms with E-state index in [9.17, 15) is 24.2 Å². The molecular formula is C20H20FNO5. The maximum atomic E-state index is 13.0. The molecule has 0 saturated carbocycles. The summed E-state index contributed by atoms with van der Waals surface area (Å²) in [4.78, 5) is 25.6. The standard InChI is InChI=1S/C20H20FNO5/c21-16-10-8-15(9-11-16)20(25,26)12-4-7-18(23)22-17(13-27-19(22)24)14-5-2-1-3-6-14/h1-3,5-6,8-11,17,25-26H,4,7,12-13H2/t17-/m1/s1. The van der Waals surface area contributed by atoms with Crippen LogP contribution in [0.4, 0.5) is 9.18 Å². The van der Waals surface area contributed by atoms with E-state index in [0.29, 0.717) is 0 Å². The lowest BCUT2D eigenvalue weighted by Crippen LogP contribution is -2.34. The van der Waals surface area contributed by atoms with E-state index in [1.807, 2.05) is 30.3 Å². The van der Waals surface area contributed by atoms with Crippen molar-refractivity contribution >= 4 is 12.0 Å². The van der Waals surface area contributed by atoms with Gasteiger partial charge in [-0.2, -0.15) is 0 Å². The number of ether oxygens (including phenoxy) is 1. The van der Waals surface area contributed by atoms with Crippen LogP contribution in [0.25, 0.3) is 0 Å². The van der Waals surface area contributed by atoms with Gasteiger partial charge in [0.05, 0.1) is 0 Å². The van der Waals surface area contributed by atoms with Crippen LogP contribution in [-0.2, 0) is 15.3 Å². The third-order valence-corrected chi connectivity index (χ3v) is 4.55. The highest BCUT2D eigenvalue weighted by Crippen LogP contribution is 2.30. The highest BCUT2D eigenvalue weighted by molar-refractivity contribution is 5.93. The van der Waals surface area contributed by atoms with Gasteiger partial charge in [0.2, 0.25) is 5.91 Å². The van der Waals surface area contributed by atoms with Crippen molar-refractivity contribution in [3.8, 4) is 0 Å². The van der Waals surface area contributed by atoms with Gasteiger partial charge in [0, 0.05) is 18.4 Å². The van der Waals surface area contributed by atoms with Crippen LogP contribution >= 0.6 is 0 Å². The van der Waals surface area contributed by atoms with E-state index in [1.54, 1.807) is 0 Å². The lowest BCUT2D eigenvalue weighted by atomic mass is 9.99. The van der Waals surface area contributed by atoms with Crippen LogP contribution in [0, 0.1) is 5.82 Å². The van der Waals surface area contributed by atoms with E-state index >= 15 is 0 Å². The summed E-state index contributed by atoms with van der Waals surface area (Å²) in [6.07, 6.45) is -0.757. The third-order valence-electron chi connectivity index (χ3n) is 4.55. The number of halogens is 1. The molecule has 1 heterocycles. The minimum atomic E-state index is -2.18. The summed E-state index contributed by atoms with van der Waals surface area (Å²) in [5, 5.41) is 20.3. The van der Waals surface area contributed by atoms with E-state index in [-0.39, 0.29) is 31.4 Å². The molecule has 7 heteroatoms. The van der Waals surface area contributed by atoms with E-state index in [4.69, 9.17) is 4.74 Å². The van der Waals surface area contributed by atoms with Crippen LogP contribution in [0.3, 0.4) is 0 Å². The monoisotopic (exact) mass is 373 g/mol. The quantitative estimate of drug-likeness (QED) is 0.761. The topological polar surface area (TPSA) is 87.1 Å². The number of aliphatic hydroxyl groups is 2. The Balaban J connectivity index is 1.61. The highest BCUT2D eigenvalue weighted by atomic mass is 19.1. The number of hydrogen-bond donors (Lipinski definition) is 2. The average Bonchev–Trinajstić information content (AvgIpc) is 3.04.